The second-order valence-corrected chi connectivity index (χ2v) is 7.22. The van der Waals surface area contributed by atoms with E-state index in [2.05, 4.69) is 53.7 Å². The van der Waals surface area contributed by atoms with E-state index in [4.69, 9.17) is 11.6 Å². The van der Waals surface area contributed by atoms with Gasteiger partial charge in [-0.15, -0.1) is 34.3 Å². The van der Waals surface area contributed by atoms with Gasteiger partial charge >= 0.3 is 0 Å². The molecule has 0 aliphatic heterocycles. The minimum Gasteiger partial charge on any atom is -0.294 e. The van der Waals surface area contributed by atoms with Crippen LogP contribution in [-0.2, 0) is 12.3 Å². The van der Waals surface area contributed by atoms with E-state index in [0.717, 1.165) is 18.5 Å². The van der Waals surface area contributed by atoms with E-state index in [1.807, 2.05) is 11.3 Å². The zero-order valence-electron chi connectivity index (χ0n) is 12.2. The van der Waals surface area contributed by atoms with Crippen LogP contribution in [0.5, 0.6) is 0 Å². The number of aromatic nitrogens is 1. The van der Waals surface area contributed by atoms with Crippen molar-refractivity contribution in [2.24, 2.45) is 0 Å². The first-order chi connectivity index (χ1) is 9.65. The lowest BCUT2D eigenvalue weighted by Gasteiger charge is -2.31. The molecular weight excluding hydrogens is 308 g/mol. The Morgan fingerprint density at radius 1 is 1.40 bits per heavy atom. The normalized spacial score (nSPS) is 14.7. The average molecular weight is 329 g/mol. The number of hydrogen-bond acceptors (Lipinski definition) is 4. The third-order valence-corrected chi connectivity index (χ3v) is 5.81. The van der Waals surface area contributed by atoms with Crippen molar-refractivity contribution in [3.63, 3.8) is 0 Å². The fraction of sp³-hybridized carbons (Fsp3) is 0.533. The van der Waals surface area contributed by atoms with E-state index in [0.29, 0.717) is 18.0 Å². The molecule has 0 aromatic carbocycles. The molecule has 2 unspecified atom stereocenters. The lowest BCUT2D eigenvalue weighted by Crippen LogP contribution is -2.34. The summed E-state index contributed by atoms with van der Waals surface area (Å²) in [5.41, 5.74) is 0.990. The monoisotopic (exact) mass is 328 g/mol. The molecule has 2 heterocycles. The van der Waals surface area contributed by atoms with Crippen LogP contribution in [-0.4, -0.2) is 23.0 Å². The number of hydrogen-bond donors (Lipinski definition) is 0. The van der Waals surface area contributed by atoms with Gasteiger partial charge in [0.1, 0.15) is 5.01 Å². The number of alkyl halides is 1. The predicted octanol–water partition coefficient (Wildman–Crippen LogP) is 4.96. The van der Waals surface area contributed by atoms with Crippen LogP contribution in [0.2, 0.25) is 0 Å². The van der Waals surface area contributed by atoms with Gasteiger partial charge in [0.2, 0.25) is 0 Å². The van der Waals surface area contributed by atoms with Crippen molar-refractivity contribution in [1.29, 1.82) is 0 Å². The van der Waals surface area contributed by atoms with Gasteiger partial charge in [0.25, 0.3) is 0 Å². The van der Waals surface area contributed by atoms with Gasteiger partial charge in [-0.1, -0.05) is 13.0 Å². The van der Waals surface area contributed by atoms with Gasteiger partial charge in [-0.2, -0.15) is 0 Å². The van der Waals surface area contributed by atoms with Crippen LogP contribution < -0.4 is 0 Å². The molecule has 2 rings (SSSR count). The molecular formula is C15H21ClN2S2. The highest BCUT2D eigenvalue weighted by Crippen LogP contribution is 2.29. The molecule has 0 aliphatic carbocycles. The number of halogens is 1. The van der Waals surface area contributed by atoms with E-state index in [1.54, 1.807) is 11.3 Å². The molecule has 20 heavy (non-hydrogen) atoms. The summed E-state index contributed by atoms with van der Waals surface area (Å²) in [6.07, 6.45) is 2.17. The molecule has 2 aromatic rings. The molecule has 0 N–H and O–H groups in total. The van der Waals surface area contributed by atoms with Crippen molar-refractivity contribution in [3.05, 3.63) is 38.5 Å². The van der Waals surface area contributed by atoms with Crippen molar-refractivity contribution in [3.8, 4) is 0 Å². The zero-order chi connectivity index (χ0) is 14.5. The Labute approximate surface area is 134 Å². The van der Waals surface area contributed by atoms with Crippen molar-refractivity contribution in [2.45, 2.75) is 44.7 Å². The van der Waals surface area contributed by atoms with Crippen LogP contribution in [0.4, 0.5) is 0 Å². The van der Waals surface area contributed by atoms with E-state index in [9.17, 15) is 0 Å². The predicted molar refractivity (Wildman–Crippen MR) is 90.0 cm³/mol. The molecule has 0 spiro atoms. The maximum atomic E-state index is 5.86. The first kappa shape index (κ1) is 16.0. The molecule has 2 aromatic heterocycles. The van der Waals surface area contributed by atoms with Gasteiger partial charge in [-0.25, -0.2) is 4.98 Å². The Morgan fingerprint density at radius 3 is 2.75 bits per heavy atom. The summed E-state index contributed by atoms with van der Waals surface area (Å²) in [7, 11) is 2.20. The molecule has 5 heteroatoms. The summed E-state index contributed by atoms with van der Waals surface area (Å²) in [6.45, 7) is 4.51. The maximum Gasteiger partial charge on any atom is 0.110 e. The van der Waals surface area contributed by atoms with Gasteiger partial charge < -0.3 is 0 Å². The third kappa shape index (κ3) is 3.82. The highest BCUT2D eigenvalue weighted by atomic mass is 35.5. The SMILES string of the molecule is CCC(c1nc(CCl)cs1)N(C)C(C)Cc1cccs1. The highest BCUT2D eigenvalue weighted by Gasteiger charge is 2.23. The topological polar surface area (TPSA) is 16.1 Å². The van der Waals surface area contributed by atoms with Gasteiger partial charge in [-0.3, -0.25) is 4.90 Å². The first-order valence-corrected chi connectivity index (χ1v) is 9.19. The summed E-state index contributed by atoms with van der Waals surface area (Å²) < 4.78 is 0. The zero-order valence-corrected chi connectivity index (χ0v) is 14.6. The Balaban J connectivity index is 2.05. The van der Waals surface area contributed by atoms with Crippen LogP contribution >= 0.6 is 34.3 Å². The molecule has 2 nitrogen and oxygen atoms in total. The van der Waals surface area contributed by atoms with Crippen molar-refractivity contribution >= 4 is 34.3 Å². The molecule has 0 fully saturated rings. The van der Waals surface area contributed by atoms with Crippen LogP contribution in [0.3, 0.4) is 0 Å². The number of thiazole rings is 1. The molecule has 2 atom stereocenters. The molecule has 0 radical (unpaired) electrons. The fourth-order valence-corrected chi connectivity index (χ4v) is 4.45. The molecule has 0 saturated heterocycles. The Kier molecular flexibility index (Phi) is 6.02. The summed E-state index contributed by atoms with van der Waals surface area (Å²) in [4.78, 5) is 8.53. The average Bonchev–Trinajstić information content (AvgIpc) is 3.10. The second kappa shape index (κ2) is 7.55. The molecule has 110 valence electrons. The smallest absolute Gasteiger partial charge is 0.110 e. The highest BCUT2D eigenvalue weighted by molar-refractivity contribution is 7.10. The number of likely N-dealkylation sites (N-methyl/N-ethyl adjacent to an activating group) is 1. The minimum absolute atomic E-state index is 0.381. The van der Waals surface area contributed by atoms with Crippen LogP contribution in [0.25, 0.3) is 0 Å². The molecule has 0 saturated carbocycles. The van der Waals surface area contributed by atoms with E-state index in [1.165, 1.54) is 9.88 Å². The fourth-order valence-electron chi connectivity index (χ4n) is 2.34. The minimum atomic E-state index is 0.381. The van der Waals surface area contributed by atoms with Gasteiger partial charge in [0.15, 0.2) is 0 Å². The first-order valence-electron chi connectivity index (χ1n) is 6.90. The van der Waals surface area contributed by atoms with Gasteiger partial charge in [-0.05, 0) is 38.3 Å². The summed E-state index contributed by atoms with van der Waals surface area (Å²) >= 11 is 9.42. The van der Waals surface area contributed by atoms with Crippen LogP contribution in [0, 0.1) is 0 Å². The number of thiophene rings is 1. The standard InChI is InChI=1S/C15H21ClN2S2/c1-4-14(15-17-12(9-16)10-20-15)18(3)11(2)8-13-6-5-7-19-13/h5-7,10-11,14H,4,8-9H2,1-3H3. The van der Waals surface area contributed by atoms with Crippen molar-refractivity contribution in [2.75, 3.05) is 7.05 Å². The number of nitrogens with zero attached hydrogens (tertiary/aromatic N) is 2. The molecule has 0 amide bonds. The largest absolute Gasteiger partial charge is 0.294 e. The van der Waals surface area contributed by atoms with Crippen LogP contribution in [0.15, 0.2) is 22.9 Å². The molecule has 0 bridgehead atoms. The van der Waals surface area contributed by atoms with Gasteiger partial charge in [0.05, 0.1) is 17.6 Å². The lowest BCUT2D eigenvalue weighted by molar-refractivity contribution is 0.179. The summed E-state index contributed by atoms with van der Waals surface area (Å²) in [5, 5.41) is 5.40. The summed E-state index contributed by atoms with van der Waals surface area (Å²) in [6, 6.07) is 5.22. The second-order valence-electron chi connectivity index (χ2n) is 5.03. The Hall–Kier alpha value is -0.420. The maximum absolute atomic E-state index is 5.86. The number of rotatable bonds is 7. The molecule has 0 aliphatic rings. The van der Waals surface area contributed by atoms with Gasteiger partial charge in [0, 0.05) is 16.3 Å². The Morgan fingerprint density at radius 2 is 2.20 bits per heavy atom. The third-order valence-electron chi connectivity index (χ3n) is 3.64. The van der Waals surface area contributed by atoms with E-state index in [-0.39, 0.29) is 0 Å². The van der Waals surface area contributed by atoms with E-state index < -0.39 is 0 Å². The summed E-state index contributed by atoms with van der Waals surface area (Å²) in [5.74, 6) is 0.501. The quantitative estimate of drug-likeness (QED) is 0.668. The van der Waals surface area contributed by atoms with Crippen molar-refractivity contribution in [1.82, 2.24) is 9.88 Å². The lowest BCUT2D eigenvalue weighted by atomic mass is 10.1. The Bertz CT molecular complexity index is 510. The van der Waals surface area contributed by atoms with E-state index >= 15 is 0 Å². The van der Waals surface area contributed by atoms with Crippen molar-refractivity contribution < 1.29 is 0 Å². The van der Waals surface area contributed by atoms with Crippen LogP contribution in [0.1, 0.15) is 41.9 Å².